The number of benzene rings is 7. The minimum absolute atomic E-state index is 0.714. The lowest BCUT2D eigenvalue weighted by Crippen LogP contribution is -1.97. The molecule has 10 aromatic rings. The van der Waals surface area contributed by atoms with Crippen molar-refractivity contribution in [1.29, 1.82) is 0 Å². The van der Waals surface area contributed by atoms with Gasteiger partial charge in [-0.3, -0.25) is 0 Å². The van der Waals surface area contributed by atoms with E-state index in [0.29, 0.717) is 5.82 Å². The van der Waals surface area contributed by atoms with Crippen molar-refractivity contribution < 1.29 is 0 Å². The largest absolute Gasteiger partial charge is 0.316 e. The van der Waals surface area contributed by atoms with Gasteiger partial charge in [-0.2, -0.15) is 0 Å². The maximum Gasteiger partial charge on any atom is 0.160 e. The van der Waals surface area contributed by atoms with E-state index >= 15 is 0 Å². The summed E-state index contributed by atoms with van der Waals surface area (Å²) in [5.41, 5.74) is 10.8. The Morgan fingerprint density at radius 1 is 0.396 bits per heavy atom. The van der Waals surface area contributed by atoms with Crippen LogP contribution in [0.15, 0.2) is 170 Å². The lowest BCUT2D eigenvalue weighted by atomic mass is 9.98. The van der Waals surface area contributed by atoms with E-state index in [1.165, 1.54) is 43.5 Å². The van der Waals surface area contributed by atoms with Crippen LogP contribution in [-0.2, 0) is 0 Å². The number of hydrogen-bond acceptors (Lipinski definition) is 2. The molecule has 224 valence electrons. The predicted molar refractivity (Wildman–Crippen MR) is 198 cm³/mol. The molecule has 7 aromatic carbocycles. The summed E-state index contributed by atoms with van der Waals surface area (Å²) in [5, 5.41) is 6.37. The van der Waals surface area contributed by atoms with Crippen LogP contribution < -0.4 is 0 Å². The van der Waals surface area contributed by atoms with E-state index in [4.69, 9.17) is 9.97 Å². The van der Waals surface area contributed by atoms with Gasteiger partial charge in [0.25, 0.3) is 0 Å². The van der Waals surface area contributed by atoms with Gasteiger partial charge in [0.1, 0.15) is 0 Å². The van der Waals surface area contributed by atoms with Gasteiger partial charge in [-0.25, -0.2) is 9.97 Å². The Bertz CT molecular complexity index is 2700. The van der Waals surface area contributed by atoms with Crippen LogP contribution in [-0.4, -0.2) is 19.1 Å². The second-order valence-electron chi connectivity index (χ2n) is 12.3. The Labute approximate surface area is 277 Å². The second kappa shape index (κ2) is 10.5. The van der Waals surface area contributed by atoms with Gasteiger partial charge in [-0.05, 0) is 53.9 Å². The summed E-state index contributed by atoms with van der Waals surface area (Å²) in [6.07, 6.45) is 2.20. The molecule has 0 radical (unpaired) electrons. The van der Waals surface area contributed by atoms with Gasteiger partial charge in [0.15, 0.2) is 5.82 Å². The number of fused-ring (bicyclic) bond motifs is 3. The first-order valence-corrected chi connectivity index (χ1v) is 16.3. The van der Waals surface area contributed by atoms with Crippen LogP contribution in [0.1, 0.15) is 0 Å². The third kappa shape index (κ3) is 4.03. The Morgan fingerprint density at radius 3 is 1.69 bits per heavy atom. The molecule has 3 heterocycles. The molecule has 0 aliphatic carbocycles. The molecule has 0 spiro atoms. The summed E-state index contributed by atoms with van der Waals surface area (Å²) in [6.45, 7) is 0. The van der Waals surface area contributed by atoms with E-state index in [-0.39, 0.29) is 0 Å². The highest BCUT2D eigenvalue weighted by Gasteiger charge is 2.22. The number of para-hydroxylation sites is 1. The minimum atomic E-state index is 0.714. The Morgan fingerprint density at radius 2 is 0.958 bits per heavy atom. The highest BCUT2D eigenvalue weighted by molar-refractivity contribution is 6.34. The van der Waals surface area contributed by atoms with Gasteiger partial charge in [0, 0.05) is 55.8 Å². The SMILES string of the molecule is c1ccc(-c2cc(-c3cccc(-n4c5cccc6c7ccn(-c8ccccc8)c7c7cccc4c7c65)c3)nc(-c3ccccc3)n2)cc1. The van der Waals surface area contributed by atoms with Gasteiger partial charge >= 0.3 is 0 Å². The van der Waals surface area contributed by atoms with Crippen LogP contribution in [0.2, 0.25) is 0 Å². The molecular weight excluding hydrogens is 585 g/mol. The van der Waals surface area contributed by atoms with Crippen molar-refractivity contribution in [2.75, 3.05) is 0 Å². The molecule has 0 N–H and O–H groups in total. The van der Waals surface area contributed by atoms with Crippen molar-refractivity contribution in [3.8, 4) is 45.3 Å². The van der Waals surface area contributed by atoms with Gasteiger partial charge in [0.05, 0.1) is 27.9 Å². The average molecular weight is 613 g/mol. The van der Waals surface area contributed by atoms with Crippen LogP contribution in [0.3, 0.4) is 0 Å². The van der Waals surface area contributed by atoms with Crippen LogP contribution in [0, 0.1) is 0 Å². The fraction of sp³-hybridized carbons (Fsp3) is 0. The van der Waals surface area contributed by atoms with Gasteiger partial charge in [-0.15, -0.1) is 0 Å². The number of hydrogen-bond donors (Lipinski definition) is 0. The number of aromatic nitrogens is 4. The summed E-state index contributed by atoms with van der Waals surface area (Å²) in [5.74, 6) is 0.714. The van der Waals surface area contributed by atoms with Crippen LogP contribution in [0.4, 0.5) is 0 Å². The third-order valence-electron chi connectivity index (χ3n) is 9.51. The Kier molecular flexibility index (Phi) is 5.84. The van der Waals surface area contributed by atoms with Gasteiger partial charge in [-0.1, -0.05) is 115 Å². The molecule has 0 fully saturated rings. The lowest BCUT2D eigenvalue weighted by molar-refractivity contribution is 1.13. The third-order valence-corrected chi connectivity index (χ3v) is 9.51. The molecule has 0 bridgehead atoms. The van der Waals surface area contributed by atoms with Crippen LogP contribution in [0.25, 0.3) is 88.8 Å². The summed E-state index contributed by atoms with van der Waals surface area (Å²) >= 11 is 0. The molecule has 0 saturated heterocycles. The van der Waals surface area contributed by atoms with Crippen molar-refractivity contribution in [2.45, 2.75) is 0 Å². The van der Waals surface area contributed by atoms with Crippen molar-refractivity contribution >= 4 is 43.5 Å². The first-order valence-electron chi connectivity index (χ1n) is 16.3. The second-order valence-corrected chi connectivity index (χ2v) is 12.3. The van der Waals surface area contributed by atoms with Crippen molar-refractivity contribution in [3.05, 3.63) is 170 Å². The molecule has 0 atom stereocenters. The molecule has 4 heteroatoms. The highest BCUT2D eigenvalue weighted by atomic mass is 15.0. The first kappa shape index (κ1) is 26.7. The van der Waals surface area contributed by atoms with Gasteiger partial charge in [0.2, 0.25) is 0 Å². The fourth-order valence-electron chi connectivity index (χ4n) is 7.41. The molecule has 10 rings (SSSR count). The molecule has 0 saturated carbocycles. The quantitative estimate of drug-likeness (QED) is 0.181. The van der Waals surface area contributed by atoms with E-state index in [9.17, 15) is 0 Å². The average Bonchev–Trinajstić information content (AvgIpc) is 3.77. The minimum Gasteiger partial charge on any atom is -0.316 e. The summed E-state index contributed by atoms with van der Waals surface area (Å²) in [4.78, 5) is 10.1. The predicted octanol–water partition coefficient (Wildman–Crippen LogP) is 11.1. The lowest BCUT2D eigenvalue weighted by Gasteiger charge is -2.12. The fourth-order valence-corrected chi connectivity index (χ4v) is 7.41. The Hall–Kier alpha value is -6.52. The van der Waals surface area contributed by atoms with E-state index < -0.39 is 0 Å². The van der Waals surface area contributed by atoms with E-state index in [1.54, 1.807) is 0 Å². The number of rotatable bonds is 5. The molecule has 0 unspecified atom stereocenters. The molecule has 48 heavy (non-hydrogen) atoms. The van der Waals surface area contributed by atoms with Gasteiger partial charge < -0.3 is 9.13 Å². The zero-order valence-electron chi connectivity index (χ0n) is 26.0. The van der Waals surface area contributed by atoms with Crippen molar-refractivity contribution in [2.24, 2.45) is 0 Å². The van der Waals surface area contributed by atoms with E-state index in [0.717, 1.165) is 39.5 Å². The zero-order valence-corrected chi connectivity index (χ0v) is 26.0. The van der Waals surface area contributed by atoms with Crippen LogP contribution in [0.5, 0.6) is 0 Å². The van der Waals surface area contributed by atoms with E-state index in [1.807, 2.05) is 24.3 Å². The topological polar surface area (TPSA) is 35.6 Å². The standard InChI is InChI=1S/C44H28N4/c1-4-13-29(14-5-1)37-28-38(46-44(45-37)30-15-6-2-7-16-30)31-17-10-20-33(27-31)48-39-23-11-21-34-35-25-26-47(32-18-8-3-9-19-32)43(35)36-22-12-24-40(48)42(36)41(34)39/h1-28H. The van der Waals surface area contributed by atoms with Crippen LogP contribution >= 0.6 is 0 Å². The normalized spacial score (nSPS) is 11.8. The number of nitrogens with zero attached hydrogens (tertiary/aromatic N) is 4. The summed E-state index contributed by atoms with van der Waals surface area (Å²) in [7, 11) is 0. The molecular formula is C44H28N4. The summed E-state index contributed by atoms with van der Waals surface area (Å²) < 4.78 is 4.74. The molecule has 0 amide bonds. The van der Waals surface area contributed by atoms with E-state index in [2.05, 4.69) is 155 Å². The smallest absolute Gasteiger partial charge is 0.160 e. The Balaban J connectivity index is 1.21. The monoisotopic (exact) mass is 612 g/mol. The molecule has 4 nitrogen and oxygen atoms in total. The van der Waals surface area contributed by atoms with Crippen molar-refractivity contribution in [1.82, 2.24) is 19.1 Å². The zero-order chi connectivity index (χ0) is 31.6. The molecule has 0 aliphatic rings. The summed E-state index contributed by atoms with van der Waals surface area (Å²) in [6, 6.07) is 57.7. The maximum absolute atomic E-state index is 5.12. The molecule has 0 aliphatic heterocycles. The molecule has 3 aromatic heterocycles. The first-order chi connectivity index (χ1) is 23.8. The highest BCUT2D eigenvalue weighted by Crippen LogP contribution is 2.44. The van der Waals surface area contributed by atoms with Crippen molar-refractivity contribution in [3.63, 3.8) is 0 Å². The maximum atomic E-state index is 5.12.